The number of furan rings is 1. The Morgan fingerprint density at radius 1 is 1.14 bits per heavy atom. The fourth-order valence-corrected chi connectivity index (χ4v) is 2.03. The topological polar surface area (TPSA) is 70.8 Å². The van der Waals surface area contributed by atoms with Gasteiger partial charge in [-0.15, -0.1) is 0 Å². The number of aliphatic carboxylic acids is 1. The van der Waals surface area contributed by atoms with Gasteiger partial charge < -0.3 is 14.4 Å². The summed E-state index contributed by atoms with van der Waals surface area (Å²) in [5, 5.41) is 8.73. The van der Waals surface area contributed by atoms with Crippen molar-refractivity contribution < 1.29 is 19.1 Å². The molecule has 0 aliphatic carbocycles. The first-order valence-corrected chi connectivity index (χ1v) is 6.73. The highest BCUT2D eigenvalue weighted by Crippen LogP contribution is 2.19. The van der Waals surface area contributed by atoms with Crippen LogP contribution in [0.15, 0.2) is 46.9 Å². The number of amides is 1. The molecule has 1 aromatic carbocycles. The largest absolute Gasteiger partial charge is 0.481 e. The molecule has 0 radical (unpaired) electrons. The lowest BCUT2D eigenvalue weighted by Gasteiger charge is -2.21. The Kier molecular flexibility index (Phi) is 4.77. The zero-order valence-electron chi connectivity index (χ0n) is 11.8. The SMILES string of the molecule is Cc1ccc(C(=O)N(CCCC(=O)O)c2ccccc2)o1. The van der Waals surface area contributed by atoms with Crippen molar-refractivity contribution in [3.05, 3.63) is 54.0 Å². The second kappa shape index (κ2) is 6.74. The molecule has 0 fully saturated rings. The lowest BCUT2D eigenvalue weighted by Crippen LogP contribution is -2.32. The van der Waals surface area contributed by atoms with Crippen LogP contribution in [0, 0.1) is 6.92 Å². The van der Waals surface area contributed by atoms with Gasteiger partial charge in [-0.2, -0.15) is 0 Å². The number of benzene rings is 1. The fourth-order valence-electron chi connectivity index (χ4n) is 2.03. The number of rotatable bonds is 6. The van der Waals surface area contributed by atoms with Crippen LogP contribution >= 0.6 is 0 Å². The van der Waals surface area contributed by atoms with Gasteiger partial charge in [-0.3, -0.25) is 9.59 Å². The van der Waals surface area contributed by atoms with Crippen LogP contribution in [0.3, 0.4) is 0 Å². The summed E-state index contributed by atoms with van der Waals surface area (Å²) in [6.45, 7) is 2.10. The number of carbonyl (C=O) groups excluding carboxylic acids is 1. The maximum Gasteiger partial charge on any atom is 0.303 e. The number of hydrogen-bond acceptors (Lipinski definition) is 3. The molecule has 21 heavy (non-hydrogen) atoms. The van der Waals surface area contributed by atoms with E-state index in [1.165, 1.54) is 0 Å². The van der Waals surface area contributed by atoms with Crippen molar-refractivity contribution in [2.24, 2.45) is 0 Å². The van der Waals surface area contributed by atoms with Crippen LogP contribution in [-0.2, 0) is 4.79 Å². The minimum atomic E-state index is -0.871. The molecule has 0 unspecified atom stereocenters. The second-order valence-corrected chi connectivity index (χ2v) is 4.70. The third-order valence-corrected chi connectivity index (χ3v) is 3.04. The van der Waals surface area contributed by atoms with E-state index in [4.69, 9.17) is 9.52 Å². The zero-order valence-corrected chi connectivity index (χ0v) is 11.8. The molecule has 0 atom stereocenters. The van der Waals surface area contributed by atoms with E-state index in [1.54, 1.807) is 24.0 Å². The van der Waals surface area contributed by atoms with Crippen molar-refractivity contribution >= 4 is 17.6 Å². The quantitative estimate of drug-likeness (QED) is 0.886. The molecule has 1 aromatic heterocycles. The second-order valence-electron chi connectivity index (χ2n) is 4.70. The van der Waals surface area contributed by atoms with Crippen LogP contribution in [0.4, 0.5) is 5.69 Å². The summed E-state index contributed by atoms with van der Waals surface area (Å²) in [6, 6.07) is 12.5. The number of carbonyl (C=O) groups is 2. The van der Waals surface area contributed by atoms with Gasteiger partial charge in [0.05, 0.1) is 0 Å². The molecular weight excluding hydrogens is 270 g/mol. The van der Waals surface area contributed by atoms with Crippen molar-refractivity contribution in [3.63, 3.8) is 0 Å². The van der Waals surface area contributed by atoms with Crippen LogP contribution in [0.25, 0.3) is 0 Å². The monoisotopic (exact) mass is 287 g/mol. The van der Waals surface area contributed by atoms with E-state index >= 15 is 0 Å². The van der Waals surface area contributed by atoms with Gasteiger partial charge in [-0.05, 0) is 37.6 Å². The molecule has 5 nitrogen and oxygen atoms in total. The van der Waals surface area contributed by atoms with Gasteiger partial charge in [0.2, 0.25) is 0 Å². The molecule has 0 bridgehead atoms. The third kappa shape index (κ3) is 3.95. The molecular formula is C16H17NO4. The van der Waals surface area contributed by atoms with E-state index in [0.29, 0.717) is 18.7 Å². The highest BCUT2D eigenvalue weighted by atomic mass is 16.4. The molecule has 2 rings (SSSR count). The van der Waals surface area contributed by atoms with E-state index in [2.05, 4.69) is 0 Å². The molecule has 110 valence electrons. The van der Waals surface area contributed by atoms with E-state index in [9.17, 15) is 9.59 Å². The van der Waals surface area contributed by atoms with E-state index in [-0.39, 0.29) is 18.1 Å². The molecule has 5 heteroatoms. The average Bonchev–Trinajstić information content (AvgIpc) is 2.90. The van der Waals surface area contributed by atoms with Crippen LogP contribution < -0.4 is 4.90 Å². The average molecular weight is 287 g/mol. The maximum atomic E-state index is 12.5. The van der Waals surface area contributed by atoms with Crippen LogP contribution in [0.5, 0.6) is 0 Å². The molecule has 1 N–H and O–H groups in total. The Hall–Kier alpha value is -2.56. The number of para-hydroxylation sites is 1. The first-order valence-electron chi connectivity index (χ1n) is 6.73. The van der Waals surface area contributed by atoms with Gasteiger partial charge in [-0.25, -0.2) is 0 Å². The highest BCUT2D eigenvalue weighted by molar-refractivity contribution is 6.04. The minimum absolute atomic E-state index is 0.0216. The lowest BCUT2D eigenvalue weighted by atomic mass is 10.2. The van der Waals surface area contributed by atoms with Gasteiger partial charge in [0.1, 0.15) is 5.76 Å². The fraction of sp³-hybridized carbons (Fsp3) is 0.250. The summed E-state index contributed by atoms with van der Waals surface area (Å²) in [5.74, 6) is -0.215. The van der Waals surface area contributed by atoms with Gasteiger partial charge in [0.15, 0.2) is 5.76 Å². The molecule has 0 saturated heterocycles. The standard InChI is InChI=1S/C16H17NO4/c1-12-9-10-14(21-12)16(20)17(11-5-8-15(18)19)13-6-3-2-4-7-13/h2-4,6-7,9-10H,5,8,11H2,1H3,(H,18,19). The Bertz CT molecular complexity index is 618. The summed E-state index contributed by atoms with van der Waals surface area (Å²) in [6.07, 6.45) is 0.406. The third-order valence-electron chi connectivity index (χ3n) is 3.04. The predicted molar refractivity (Wildman–Crippen MR) is 78.4 cm³/mol. The first-order chi connectivity index (χ1) is 10.1. The van der Waals surface area contributed by atoms with Crippen molar-refractivity contribution in [3.8, 4) is 0 Å². The Labute approximate surface area is 122 Å². The van der Waals surface area contributed by atoms with E-state index in [0.717, 1.165) is 5.69 Å². The molecule has 1 heterocycles. The lowest BCUT2D eigenvalue weighted by molar-refractivity contribution is -0.137. The van der Waals surface area contributed by atoms with Crippen molar-refractivity contribution in [2.45, 2.75) is 19.8 Å². The van der Waals surface area contributed by atoms with Crippen LogP contribution in [-0.4, -0.2) is 23.5 Å². The number of carboxylic acid groups (broad SMARTS) is 1. The van der Waals surface area contributed by atoms with Crippen LogP contribution in [0.1, 0.15) is 29.2 Å². The molecule has 0 saturated carbocycles. The smallest absolute Gasteiger partial charge is 0.303 e. The predicted octanol–water partition coefficient (Wildman–Crippen LogP) is 3.10. The summed E-state index contributed by atoms with van der Waals surface area (Å²) in [4.78, 5) is 24.7. The van der Waals surface area contributed by atoms with E-state index < -0.39 is 5.97 Å². The van der Waals surface area contributed by atoms with Gasteiger partial charge >= 0.3 is 5.97 Å². The summed E-state index contributed by atoms with van der Waals surface area (Å²) < 4.78 is 5.37. The Morgan fingerprint density at radius 2 is 1.86 bits per heavy atom. The minimum Gasteiger partial charge on any atom is -0.481 e. The number of aryl methyl sites for hydroxylation is 1. The van der Waals surface area contributed by atoms with Gasteiger partial charge in [0, 0.05) is 18.7 Å². The maximum absolute atomic E-state index is 12.5. The summed E-state index contributed by atoms with van der Waals surface area (Å²) in [7, 11) is 0. The Morgan fingerprint density at radius 3 is 2.43 bits per heavy atom. The zero-order chi connectivity index (χ0) is 15.2. The van der Waals surface area contributed by atoms with Crippen LogP contribution in [0.2, 0.25) is 0 Å². The van der Waals surface area contributed by atoms with Crippen molar-refractivity contribution in [1.29, 1.82) is 0 Å². The molecule has 0 aliphatic rings. The molecule has 0 spiro atoms. The molecule has 1 amide bonds. The molecule has 2 aromatic rings. The van der Waals surface area contributed by atoms with Gasteiger partial charge in [0.25, 0.3) is 5.91 Å². The molecule has 0 aliphatic heterocycles. The van der Waals surface area contributed by atoms with Gasteiger partial charge in [-0.1, -0.05) is 18.2 Å². The Balaban J connectivity index is 2.19. The van der Waals surface area contributed by atoms with Crippen molar-refractivity contribution in [2.75, 3.05) is 11.4 Å². The number of carboxylic acids is 1. The highest BCUT2D eigenvalue weighted by Gasteiger charge is 2.20. The number of anilines is 1. The first kappa shape index (κ1) is 14.8. The number of nitrogens with zero attached hydrogens (tertiary/aromatic N) is 1. The summed E-state index contributed by atoms with van der Waals surface area (Å²) in [5.41, 5.74) is 0.724. The van der Waals surface area contributed by atoms with Crippen molar-refractivity contribution in [1.82, 2.24) is 0 Å². The van der Waals surface area contributed by atoms with E-state index in [1.807, 2.05) is 30.3 Å². The summed E-state index contributed by atoms with van der Waals surface area (Å²) >= 11 is 0. The normalized spacial score (nSPS) is 10.3. The number of hydrogen-bond donors (Lipinski definition) is 1.